The number of rotatable bonds is 2. The highest BCUT2D eigenvalue weighted by Gasteiger charge is 2.01. The van der Waals surface area contributed by atoms with Crippen LogP contribution in [-0.2, 0) is 11.2 Å². The number of anilines is 1. The van der Waals surface area contributed by atoms with Crippen molar-refractivity contribution in [1.29, 1.82) is 0 Å². The van der Waals surface area contributed by atoms with Gasteiger partial charge < -0.3 is 11.5 Å². The van der Waals surface area contributed by atoms with E-state index in [9.17, 15) is 9.59 Å². The second-order valence-corrected chi connectivity index (χ2v) is 2.27. The number of nitrogens with two attached hydrogens (primary N) is 2. The minimum absolute atomic E-state index is 0.0150. The molecule has 1 rings (SSSR count). The van der Waals surface area contributed by atoms with E-state index in [0.29, 0.717) is 0 Å². The number of hydrogen-bond acceptors (Lipinski definition) is 4. The van der Waals surface area contributed by atoms with Crippen LogP contribution in [0.15, 0.2) is 10.9 Å². The number of nitrogens with one attached hydrogen (secondary N) is 1. The largest absolute Gasteiger partial charge is 0.369 e. The number of H-pyrrole nitrogens is 1. The van der Waals surface area contributed by atoms with Gasteiger partial charge in [0.15, 0.2) is 0 Å². The van der Waals surface area contributed by atoms with E-state index in [1.807, 2.05) is 0 Å². The normalized spacial score (nSPS) is 9.67. The van der Waals surface area contributed by atoms with Gasteiger partial charge in [0.1, 0.15) is 0 Å². The van der Waals surface area contributed by atoms with Crippen LogP contribution in [0, 0.1) is 0 Å². The average molecular weight is 168 g/mol. The lowest BCUT2D eigenvalue weighted by molar-refractivity contribution is -0.117. The molecule has 0 saturated heterocycles. The Bertz CT molecular complexity index is 357. The summed E-state index contributed by atoms with van der Waals surface area (Å²) in [6.07, 6.45) is -0.0753. The maximum Gasteiger partial charge on any atom is 0.252 e. The number of nitrogens with zero attached hydrogens (tertiary/aromatic N) is 1. The molecule has 0 bridgehead atoms. The van der Waals surface area contributed by atoms with Crippen molar-refractivity contribution in [2.75, 3.05) is 5.73 Å². The number of aromatic nitrogens is 2. The number of primary amides is 1. The third-order valence-electron chi connectivity index (χ3n) is 1.17. The first-order valence-electron chi connectivity index (χ1n) is 3.22. The number of hydrogen-bond donors (Lipinski definition) is 3. The van der Waals surface area contributed by atoms with Crippen LogP contribution in [0.4, 0.5) is 5.95 Å². The first-order valence-corrected chi connectivity index (χ1v) is 3.22. The molecule has 0 aliphatic heterocycles. The average Bonchev–Trinajstić information content (AvgIpc) is 1.81. The van der Waals surface area contributed by atoms with Crippen LogP contribution in [0.25, 0.3) is 0 Å². The molecule has 0 aliphatic rings. The van der Waals surface area contributed by atoms with Gasteiger partial charge in [0.25, 0.3) is 5.56 Å². The van der Waals surface area contributed by atoms with Crippen LogP contribution in [0.5, 0.6) is 0 Å². The van der Waals surface area contributed by atoms with Gasteiger partial charge in [-0.25, -0.2) is 4.98 Å². The molecule has 0 aliphatic carbocycles. The van der Waals surface area contributed by atoms with E-state index in [1.165, 1.54) is 6.07 Å². The number of nitrogen functional groups attached to an aromatic ring is 1. The third-order valence-corrected chi connectivity index (χ3v) is 1.17. The molecule has 0 saturated carbocycles. The van der Waals surface area contributed by atoms with Crippen molar-refractivity contribution < 1.29 is 4.79 Å². The predicted molar refractivity (Wildman–Crippen MR) is 42.2 cm³/mol. The molecule has 6 nitrogen and oxygen atoms in total. The Morgan fingerprint density at radius 2 is 2.33 bits per heavy atom. The Balaban J connectivity index is 3.01. The molecule has 0 fully saturated rings. The Labute approximate surface area is 67.6 Å². The fraction of sp³-hybridized carbons (Fsp3) is 0.167. The first kappa shape index (κ1) is 8.25. The van der Waals surface area contributed by atoms with Gasteiger partial charge in [-0.1, -0.05) is 0 Å². The molecular weight excluding hydrogens is 160 g/mol. The van der Waals surface area contributed by atoms with Crippen molar-refractivity contribution in [2.24, 2.45) is 5.73 Å². The van der Waals surface area contributed by atoms with E-state index in [2.05, 4.69) is 9.97 Å². The van der Waals surface area contributed by atoms with E-state index in [-0.39, 0.29) is 18.1 Å². The second kappa shape index (κ2) is 3.04. The molecular formula is C6H8N4O2. The molecule has 5 N–H and O–H groups in total. The molecule has 64 valence electrons. The van der Waals surface area contributed by atoms with Crippen molar-refractivity contribution in [3.05, 3.63) is 22.1 Å². The fourth-order valence-electron chi connectivity index (χ4n) is 0.798. The van der Waals surface area contributed by atoms with E-state index < -0.39 is 11.5 Å². The summed E-state index contributed by atoms with van der Waals surface area (Å²) in [4.78, 5) is 27.1. The van der Waals surface area contributed by atoms with Crippen LogP contribution in [-0.4, -0.2) is 15.9 Å². The first-order chi connectivity index (χ1) is 5.58. The maximum absolute atomic E-state index is 10.8. The minimum Gasteiger partial charge on any atom is -0.369 e. The van der Waals surface area contributed by atoms with Crippen LogP contribution in [0.1, 0.15) is 5.69 Å². The highest BCUT2D eigenvalue weighted by Crippen LogP contribution is 1.92. The van der Waals surface area contributed by atoms with Gasteiger partial charge >= 0.3 is 0 Å². The number of amides is 1. The summed E-state index contributed by atoms with van der Waals surface area (Å²) in [6.45, 7) is 0. The molecule has 6 heteroatoms. The molecule has 0 radical (unpaired) electrons. The van der Waals surface area contributed by atoms with Crippen molar-refractivity contribution >= 4 is 11.9 Å². The molecule has 0 atom stereocenters. The molecule has 0 aromatic carbocycles. The van der Waals surface area contributed by atoms with Crippen LogP contribution in [0.2, 0.25) is 0 Å². The summed E-state index contributed by atoms with van der Waals surface area (Å²) in [7, 11) is 0. The van der Waals surface area contributed by atoms with Gasteiger partial charge in [-0.15, -0.1) is 0 Å². The highest BCUT2D eigenvalue weighted by molar-refractivity contribution is 5.76. The Kier molecular flexibility index (Phi) is 2.09. The minimum atomic E-state index is -0.549. The predicted octanol–water partition coefficient (Wildman–Crippen LogP) is -1.62. The van der Waals surface area contributed by atoms with E-state index in [1.54, 1.807) is 0 Å². The summed E-state index contributed by atoms with van der Waals surface area (Å²) >= 11 is 0. The van der Waals surface area contributed by atoms with E-state index in [0.717, 1.165) is 0 Å². The zero-order valence-electron chi connectivity index (χ0n) is 6.20. The third kappa shape index (κ3) is 2.08. The molecule has 1 aromatic rings. The van der Waals surface area contributed by atoms with Gasteiger partial charge in [-0.05, 0) is 0 Å². The molecule has 1 heterocycles. The monoisotopic (exact) mass is 168 g/mol. The zero-order chi connectivity index (χ0) is 9.14. The number of carbonyl (C=O) groups excluding carboxylic acids is 1. The number of carbonyl (C=O) groups is 1. The zero-order valence-corrected chi connectivity index (χ0v) is 6.20. The molecule has 1 aromatic heterocycles. The summed E-state index contributed by atoms with van der Waals surface area (Å²) < 4.78 is 0. The van der Waals surface area contributed by atoms with Gasteiger partial charge in [0.05, 0.1) is 12.1 Å². The summed E-state index contributed by atoms with van der Waals surface area (Å²) in [5.41, 5.74) is 10.0. The Hall–Kier alpha value is -1.85. The van der Waals surface area contributed by atoms with Crippen LogP contribution < -0.4 is 17.0 Å². The lowest BCUT2D eigenvalue weighted by atomic mass is 10.3. The van der Waals surface area contributed by atoms with Crippen LogP contribution >= 0.6 is 0 Å². The summed E-state index contributed by atoms with van der Waals surface area (Å²) in [6, 6.07) is 1.18. The van der Waals surface area contributed by atoms with Gasteiger partial charge in [-0.2, -0.15) is 0 Å². The highest BCUT2D eigenvalue weighted by atomic mass is 16.1. The Morgan fingerprint density at radius 1 is 1.67 bits per heavy atom. The van der Waals surface area contributed by atoms with Gasteiger partial charge in [0.2, 0.25) is 11.9 Å². The molecule has 0 spiro atoms. The molecule has 12 heavy (non-hydrogen) atoms. The fourth-order valence-corrected chi connectivity index (χ4v) is 0.798. The maximum atomic E-state index is 10.8. The lowest BCUT2D eigenvalue weighted by Crippen LogP contribution is -2.18. The summed E-state index contributed by atoms with van der Waals surface area (Å²) in [5, 5.41) is 0. The Morgan fingerprint density at radius 3 is 2.83 bits per heavy atom. The molecule has 1 amide bonds. The second-order valence-electron chi connectivity index (χ2n) is 2.27. The van der Waals surface area contributed by atoms with Crippen molar-refractivity contribution in [3.8, 4) is 0 Å². The lowest BCUT2D eigenvalue weighted by Gasteiger charge is -1.96. The quantitative estimate of drug-likeness (QED) is 0.492. The van der Waals surface area contributed by atoms with Crippen molar-refractivity contribution in [3.63, 3.8) is 0 Å². The van der Waals surface area contributed by atoms with Gasteiger partial charge in [0, 0.05) is 6.07 Å². The van der Waals surface area contributed by atoms with Crippen LogP contribution in [0.3, 0.4) is 0 Å². The smallest absolute Gasteiger partial charge is 0.252 e. The SMILES string of the molecule is NC(=O)Cc1cc(=O)[nH]c(N)n1. The van der Waals surface area contributed by atoms with Gasteiger partial charge in [-0.3, -0.25) is 14.6 Å². The van der Waals surface area contributed by atoms with E-state index in [4.69, 9.17) is 11.5 Å². The standard InChI is InChI=1S/C6H8N4O2/c7-4(11)1-3-2-5(12)10-6(8)9-3/h2H,1H2,(H2,7,11)(H3,8,9,10,12). The van der Waals surface area contributed by atoms with Crippen molar-refractivity contribution in [2.45, 2.75) is 6.42 Å². The van der Waals surface area contributed by atoms with Crippen molar-refractivity contribution in [1.82, 2.24) is 9.97 Å². The van der Waals surface area contributed by atoms with E-state index >= 15 is 0 Å². The number of aromatic amines is 1. The topological polar surface area (TPSA) is 115 Å². The summed E-state index contributed by atoms with van der Waals surface area (Å²) in [5.74, 6) is -0.564. The molecule has 0 unspecified atom stereocenters.